The minimum Gasteiger partial charge on any atom is -0.370 e. The zero-order chi connectivity index (χ0) is 14.3. The van der Waals surface area contributed by atoms with Gasteiger partial charge in [0.05, 0.1) is 0 Å². The number of aromatic nitrogens is 1. The number of rotatable bonds is 7. The number of carbonyl (C=O) groups is 1. The first-order valence-electron chi connectivity index (χ1n) is 6.61. The molecule has 1 heterocycles. The van der Waals surface area contributed by atoms with Crippen LogP contribution in [0.2, 0.25) is 0 Å². The molecule has 0 atom stereocenters. The van der Waals surface area contributed by atoms with Crippen LogP contribution in [0.3, 0.4) is 0 Å². The zero-order valence-corrected chi connectivity index (χ0v) is 12.9. The molecule has 19 heavy (non-hydrogen) atoms. The molecule has 4 nitrogen and oxygen atoms in total. The molecular formula is C14H23N3OS. The third kappa shape index (κ3) is 5.11. The Morgan fingerprint density at radius 2 is 2.16 bits per heavy atom. The third-order valence-electron chi connectivity index (χ3n) is 2.65. The fourth-order valence-corrected chi connectivity index (χ4v) is 1.93. The molecule has 2 N–H and O–H groups in total. The van der Waals surface area contributed by atoms with Crippen molar-refractivity contribution >= 4 is 23.5 Å². The molecule has 106 valence electrons. The number of pyridine rings is 1. The van der Waals surface area contributed by atoms with E-state index in [0.717, 1.165) is 23.8 Å². The molecule has 0 aliphatic carbocycles. The summed E-state index contributed by atoms with van der Waals surface area (Å²) in [6.07, 6.45) is 2.03. The van der Waals surface area contributed by atoms with Gasteiger partial charge in [0.1, 0.15) is 5.82 Å². The van der Waals surface area contributed by atoms with Gasteiger partial charge in [-0.1, -0.05) is 13.8 Å². The van der Waals surface area contributed by atoms with E-state index >= 15 is 0 Å². The molecule has 1 rings (SSSR count). The number of nitrogens with one attached hydrogen (secondary N) is 2. The molecule has 1 aromatic heterocycles. The van der Waals surface area contributed by atoms with Crippen molar-refractivity contribution in [3.8, 4) is 0 Å². The van der Waals surface area contributed by atoms with Crippen molar-refractivity contribution in [2.24, 2.45) is 0 Å². The normalized spacial score (nSPS) is 10.6. The van der Waals surface area contributed by atoms with Gasteiger partial charge in [0.15, 0.2) is 0 Å². The van der Waals surface area contributed by atoms with Crippen LogP contribution in [0, 0.1) is 0 Å². The number of hydrogen-bond acceptors (Lipinski definition) is 4. The summed E-state index contributed by atoms with van der Waals surface area (Å²) in [7, 11) is 0. The first-order valence-corrected chi connectivity index (χ1v) is 8.00. The van der Waals surface area contributed by atoms with Gasteiger partial charge in [-0.15, -0.1) is 0 Å². The SMILES string of the molecule is CCNc1cc(C(=O)NCCSC)cc(C(C)C)n1. The maximum Gasteiger partial charge on any atom is 0.251 e. The van der Waals surface area contributed by atoms with Crippen molar-refractivity contribution in [1.82, 2.24) is 10.3 Å². The molecule has 0 fully saturated rings. The molecule has 0 aliphatic rings. The number of amides is 1. The van der Waals surface area contributed by atoms with Gasteiger partial charge in [0.2, 0.25) is 0 Å². The van der Waals surface area contributed by atoms with Crippen molar-refractivity contribution < 1.29 is 4.79 Å². The molecule has 0 saturated carbocycles. The quantitative estimate of drug-likeness (QED) is 0.755. The van der Waals surface area contributed by atoms with E-state index in [9.17, 15) is 4.79 Å². The van der Waals surface area contributed by atoms with E-state index in [1.54, 1.807) is 11.8 Å². The average molecular weight is 281 g/mol. The minimum atomic E-state index is -0.0301. The summed E-state index contributed by atoms with van der Waals surface area (Å²) in [5, 5.41) is 6.09. The smallest absolute Gasteiger partial charge is 0.251 e. The largest absolute Gasteiger partial charge is 0.370 e. The lowest BCUT2D eigenvalue weighted by molar-refractivity contribution is 0.0956. The summed E-state index contributed by atoms with van der Waals surface area (Å²) in [6.45, 7) is 7.65. The topological polar surface area (TPSA) is 54.0 Å². The Balaban J connectivity index is 2.88. The summed E-state index contributed by atoms with van der Waals surface area (Å²) >= 11 is 1.72. The molecule has 0 aliphatic heterocycles. The zero-order valence-electron chi connectivity index (χ0n) is 12.1. The molecule has 5 heteroatoms. The Morgan fingerprint density at radius 3 is 2.74 bits per heavy atom. The fourth-order valence-electron chi connectivity index (χ4n) is 1.62. The lowest BCUT2D eigenvalue weighted by Gasteiger charge is -2.12. The Bertz CT molecular complexity index is 421. The van der Waals surface area contributed by atoms with Crippen LogP contribution < -0.4 is 10.6 Å². The van der Waals surface area contributed by atoms with E-state index in [4.69, 9.17) is 0 Å². The van der Waals surface area contributed by atoms with Crippen molar-refractivity contribution in [3.05, 3.63) is 23.4 Å². The van der Waals surface area contributed by atoms with Gasteiger partial charge < -0.3 is 10.6 Å². The van der Waals surface area contributed by atoms with Gasteiger partial charge in [-0.05, 0) is 31.2 Å². The fraction of sp³-hybridized carbons (Fsp3) is 0.571. The average Bonchev–Trinajstić information content (AvgIpc) is 2.39. The highest BCUT2D eigenvalue weighted by Crippen LogP contribution is 2.17. The summed E-state index contributed by atoms with van der Waals surface area (Å²) in [4.78, 5) is 16.6. The predicted molar refractivity (Wildman–Crippen MR) is 83.2 cm³/mol. The van der Waals surface area contributed by atoms with Crippen LogP contribution in [0.5, 0.6) is 0 Å². The minimum absolute atomic E-state index is 0.0301. The van der Waals surface area contributed by atoms with E-state index < -0.39 is 0 Å². The van der Waals surface area contributed by atoms with E-state index in [1.165, 1.54) is 0 Å². The van der Waals surface area contributed by atoms with Crippen LogP contribution in [0.25, 0.3) is 0 Å². The molecule has 1 aromatic rings. The van der Waals surface area contributed by atoms with Gasteiger partial charge in [-0.2, -0.15) is 11.8 Å². The highest BCUT2D eigenvalue weighted by molar-refractivity contribution is 7.98. The third-order valence-corrected chi connectivity index (χ3v) is 3.26. The van der Waals surface area contributed by atoms with Gasteiger partial charge in [-0.3, -0.25) is 4.79 Å². The Kier molecular flexibility index (Phi) is 6.70. The van der Waals surface area contributed by atoms with E-state index in [-0.39, 0.29) is 5.91 Å². The molecule has 0 saturated heterocycles. The maximum absolute atomic E-state index is 12.1. The van der Waals surface area contributed by atoms with Gasteiger partial charge in [0, 0.05) is 30.1 Å². The Morgan fingerprint density at radius 1 is 1.42 bits per heavy atom. The molecular weight excluding hydrogens is 258 g/mol. The molecule has 0 bridgehead atoms. The molecule has 1 amide bonds. The van der Waals surface area contributed by atoms with E-state index in [2.05, 4.69) is 29.5 Å². The van der Waals surface area contributed by atoms with Crippen molar-refractivity contribution in [2.75, 3.05) is 30.4 Å². The summed E-state index contributed by atoms with van der Waals surface area (Å²) in [5.74, 6) is 1.96. The Hall–Kier alpha value is -1.23. The van der Waals surface area contributed by atoms with Crippen LogP contribution in [-0.4, -0.2) is 36.0 Å². The summed E-state index contributed by atoms with van der Waals surface area (Å²) in [5.41, 5.74) is 1.62. The van der Waals surface area contributed by atoms with Gasteiger partial charge in [-0.25, -0.2) is 4.98 Å². The van der Waals surface area contributed by atoms with Crippen LogP contribution in [0.1, 0.15) is 42.7 Å². The first kappa shape index (κ1) is 15.8. The van der Waals surface area contributed by atoms with Gasteiger partial charge >= 0.3 is 0 Å². The first-order chi connectivity index (χ1) is 9.08. The molecule has 0 unspecified atom stereocenters. The van der Waals surface area contributed by atoms with E-state index in [1.807, 2.05) is 25.3 Å². The number of carbonyl (C=O) groups excluding carboxylic acids is 1. The van der Waals surface area contributed by atoms with Crippen molar-refractivity contribution in [2.45, 2.75) is 26.7 Å². The van der Waals surface area contributed by atoms with Crippen molar-refractivity contribution in [1.29, 1.82) is 0 Å². The summed E-state index contributed by atoms with van der Waals surface area (Å²) < 4.78 is 0. The monoisotopic (exact) mass is 281 g/mol. The standard InChI is InChI=1S/C14H23N3OS/c1-5-15-13-9-11(8-12(17-13)10(2)3)14(18)16-6-7-19-4/h8-10H,5-7H2,1-4H3,(H,15,17)(H,16,18). The lowest BCUT2D eigenvalue weighted by Crippen LogP contribution is -2.26. The predicted octanol–water partition coefficient (Wildman–Crippen LogP) is 2.73. The second-order valence-corrected chi connectivity index (χ2v) is 5.59. The van der Waals surface area contributed by atoms with E-state index in [0.29, 0.717) is 18.0 Å². The molecule has 0 radical (unpaired) electrons. The number of thioether (sulfide) groups is 1. The van der Waals surface area contributed by atoms with Crippen LogP contribution in [0.4, 0.5) is 5.82 Å². The molecule has 0 aromatic carbocycles. The van der Waals surface area contributed by atoms with Crippen LogP contribution in [0.15, 0.2) is 12.1 Å². The summed E-state index contributed by atoms with van der Waals surface area (Å²) in [6, 6.07) is 3.68. The Labute approximate surface area is 119 Å². The molecule has 0 spiro atoms. The maximum atomic E-state index is 12.1. The second kappa shape index (κ2) is 8.04. The highest BCUT2D eigenvalue weighted by atomic mass is 32.2. The second-order valence-electron chi connectivity index (χ2n) is 4.60. The van der Waals surface area contributed by atoms with Crippen molar-refractivity contribution in [3.63, 3.8) is 0 Å². The number of hydrogen-bond donors (Lipinski definition) is 2. The van der Waals surface area contributed by atoms with Crippen LogP contribution >= 0.6 is 11.8 Å². The highest BCUT2D eigenvalue weighted by Gasteiger charge is 2.11. The number of anilines is 1. The number of nitrogens with zero attached hydrogens (tertiary/aromatic N) is 1. The van der Waals surface area contributed by atoms with Crippen LogP contribution in [-0.2, 0) is 0 Å². The van der Waals surface area contributed by atoms with Gasteiger partial charge in [0.25, 0.3) is 5.91 Å². The lowest BCUT2D eigenvalue weighted by atomic mass is 10.1.